The summed E-state index contributed by atoms with van der Waals surface area (Å²) in [6.45, 7) is 6.80. The molecule has 5 nitrogen and oxygen atoms in total. The predicted octanol–water partition coefficient (Wildman–Crippen LogP) is 1.30. The van der Waals surface area contributed by atoms with Gasteiger partial charge in [-0.05, 0) is 40.9 Å². The van der Waals surface area contributed by atoms with Crippen molar-refractivity contribution in [3.63, 3.8) is 0 Å². The van der Waals surface area contributed by atoms with Crippen LogP contribution in [0.1, 0.15) is 23.9 Å². The van der Waals surface area contributed by atoms with Gasteiger partial charge in [0.25, 0.3) is 0 Å². The third-order valence-corrected chi connectivity index (χ3v) is 4.33. The highest BCUT2D eigenvalue weighted by Crippen LogP contribution is 2.12. The number of nitrogens with zero attached hydrogens (tertiary/aromatic N) is 2. The average Bonchev–Trinajstić information content (AvgIpc) is 2.84. The number of aromatic nitrogens is 1. The molecule has 0 saturated heterocycles. The van der Waals surface area contributed by atoms with Crippen LogP contribution in [0.2, 0.25) is 0 Å². The van der Waals surface area contributed by atoms with Gasteiger partial charge in [0.15, 0.2) is 0 Å². The molecule has 0 spiro atoms. The van der Waals surface area contributed by atoms with Gasteiger partial charge in [-0.15, -0.1) is 11.3 Å². The van der Waals surface area contributed by atoms with E-state index in [1.54, 1.807) is 11.3 Å². The van der Waals surface area contributed by atoms with Crippen LogP contribution in [-0.4, -0.2) is 67.5 Å². The number of hydrogen-bond donors (Lipinski definition) is 2. The molecule has 1 rings (SSSR count). The van der Waals surface area contributed by atoms with Crippen LogP contribution in [0, 0.1) is 6.92 Å². The van der Waals surface area contributed by atoms with Crippen molar-refractivity contribution in [2.75, 3.05) is 40.4 Å². The molecule has 0 fully saturated rings. The SMILES string of the molecule is Cc1ncsc1CCOCC(O)CNC(C)CCN(C)C. The summed E-state index contributed by atoms with van der Waals surface area (Å²) in [4.78, 5) is 7.64. The minimum atomic E-state index is -0.450. The fraction of sp³-hybridized carbons (Fsp3) is 0.800. The summed E-state index contributed by atoms with van der Waals surface area (Å²) >= 11 is 1.66. The van der Waals surface area contributed by atoms with Gasteiger partial charge in [-0.3, -0.25) is 0 Å². The van der Waals surface area contributed by atoms with Crippen molar-refractivity contribution in [1.82, 2.24) is 15.2 Å². The van der Waals surface area contributed by atoms with Crippen molar-refractivity contribution in [2.24, 2.45) is 0 Å². The summed E-state index contributed by atoms with van der Waals surface area (Å²) in [5.41, 5.74) is 2.94. The summed E-state index contributed by atoms with van der Waals surface area (Å²) in [5.74, 6) is 0. The second-order valence-electron chi connectivity index (χ2n) is 5.74. The van der Waals surface area contributed by atoms with Gasteiger partial charge in [-0.25, -0.2) is 4.98 Å². The van der Waals surface area contributed by atoms with E-state index in [2.05, 4.69) is 36.2 Å². The third-order valence-electron chi connectivity index (χ3n) is 3.34. The van der Waals surface area contributed by atoms with Gasteiger partial charge in [0.2, 0.25) is 0 Å². The lowest BCUT2D eigenvalue weighted by atomic mass is 10.2. The average molecular weight is 315 g/mol. The van der Waals surface area contributed by atoms with Gasteiger partial charge in [0.05, 0.1) is 30.5 Å². The van der Waals surface area contributed by atoms with Gasteiger partial charge in [0, 0.05) is 23.9 Å². The number of aliphatic hydroxyl groups excluding tert-OH is 1. The second-order valence-corrected chi connectivity index (χ2v) is 6.68. The lowest BCUT2D eigenvalue weighted by Crippen LogP contribution is -2.37. The van der Waals surface area contributed by atoms with Crippen molar-refractivity contribution in [3.05, 3.63) is 16.1 Å². The van der Waals surface area contributed by atoms with E-state index in [1.165, 1.54) is 4.88 Å². The molecule has 1 heterocycles. The Kier molecular flexibility index (Phi) is 9.03. The zero-order chi connectivity index (χ0) is 15.7. The Bertz CT molecular complexity index is 385. The van der Waals surface area contributed by atoms with E-state index in [1.807, 2.05) is 12.4 Å². The van der Waals surface area contributed by atoms with E-state index in [9.17, 15) is 5.11 Å². The highest BCUT2D eigenvalue weighted by molar-refractivity contribution is 7.09. The molecule has 0 radical (unpaired) electrons. The number of ether oxygens (including phenoxy) is 1. The van der Waals surface area contributed by atoms with Gasteiger partial charge < -0.3 is 20.1 Å². The number of aliphatic hydroxyl groups is 1. The van der Waals surface area contributed by atoms with Crippen molar-refractivity contribution in [1.29, 1.82) is 0 Å². The molecule has 0 amide bonds. The number of aryl methyl sites for hydroxylation is 1. The van der Waals surface area contributed by atoms with E-state index in [-0.39, 0.29) is 0 Å². The Hall–Kier alpha value is -0.530. The Morgan fingerprint density at radius 2 is 2.24 bits per heavy atom. The summed E-state index contributed by atoms with van der Waals surface area (Å²) in [5, 5.41) is 13.2. The Morgan fingerprint density at radius 3 is 2.86 bits per heavy atom. The molecule has 6 heteroatoms. The minimum absolute atomic E-state index is 0.380. The van der Waals surface area contributed by atoms with Crippen molar-refractivity contribution < 1.29 is 9.84 Å². The molecule has 2 N–H and O–H groups in total. The predicted molar refractivity (Wildman–Crippen MR) is 88.0 cm³/mol. The monoisotopic (exact) mass is 315 g/mol. The maximum Gasteiger partial charge on any atom is 0.0897 e. The van der Waals surface area contributed by atoms with E-state index in [4.69, 9.17) is 4.74 Å². The maximum atomic E-state index is 9.88. The Balaban J connectivity index is 2.03. The fourth-order valence-corrected chi connectivity index (χ4v) is 2.66. The normalized spacial score (nSPS) is 14.6. The smallest absolute Gasteiger partial charge is 0.0897 e. The lowest BCUT2D eigenvalue weighted by molar-refractivity contribution is 0.0371. The number of rotatable bonds is 11. The van der Waals surface area contributed by atoms with Crippen LogP contribution in [0.25, 0.3) is 0 Å². The van der Waals surface area contributed by atoms with Crippen LogP contribution < -0.4 is 5.32 Å². The molecule has 0 aliphatic heterocycles. The van der Waals surface area contributed by atoms with E-state index < -0.39 is 6.10 Å². The first kappa shape index (κ1) is 18.5. The van der Waals surface area contributed by atoms with Gasteiger partial charge in [0.1, 0.15) is 0 Å². The molecule has 0 aromatic carbocycles. The van der Waals surface area contributed by atoms with Crippen molar-refractivity contribution >= 4 is 11.3 Å². The van der Waals surface area contributed by atoms with Crippen molar-refractivity contribution in [2.45, 2.75) is 38.8 Å². The molecule has 0 bridgehead atoms. The zero-order valence-electron chi connectivity index (χ0n) is 13.6. The zero-order valence-corrected chi connectivity index (χ0v) is 14.4. The van der Waals surface area contributed by atoms with Crippen LogP contribution in [-0.2, 0) is 11.2 Å². The van der Waals surface area contributed by atoms with Gasteiger partial charge in [-0.2, -0.15) is 0 Å². The first-order chi connectivity index (χ1) is 9.99. The summed E-state index contributed by atoms with van der Waals surface area (Å²) in [6, 6.07) is 0.405. The molecular formula is C15H29N3O2S. The van der Waals surface area contributed by atoms with Crippen LogP contribution in [0.5, 0.6) is 0 Å². The summed E-state index contributed by atoms with van der Waals surface area (Å²) in [6.07, 6.45) is 1.50. The molecule has 2 unspecified atom stereocenters. The van der Waals surface area contributed by atoms with E-state index in [0.29, 0.717) is 25.8 Å². The Morgan fingerprint density at radius 1 is 1.48 bits per heavy atom. The first-order valence-electron chi connectivity index (χ1n) is 7.52. The highest BCUT2D eigenvalue weighted by Gasteiger charge is 2.08. The topological polar surface area (TPSA) is 57.6 Å². The number of hydrogen-bond acceptors (Lipinski definition) is 6. The second kappa shape index (κ2) is 10.2. The van der Waals surface area contributed by atoms with Crippen LogP contribution in [0.3, 0.4) is 0 Å². The highest BCUT2D eigenvalue weighted by atomic mass is 32.1. The van der Waals surface area contributed by atoms with Gasteiger partial charge >= 0.3 is 0 Å². The standard InChI is InChI=1S/C15H29N3O2S/c1-12(5-7-18(3)4)16-9-14(19)10-20-8-6-15-13(2)17-11-21-15/h11-12,14,16,19H,5-10H2,1-4H3. The summed E-state index contributed by atoms with van der Waals surface area (Å²) in [7, 11) is 4.14. The van der Waals surface area contributed by atoms with Crippen molar-refractivity contribution in [3.8, 4) is 0 Å². The molecule has 1 aromatic rings. The molecule has 0 aliphatic carbocycles. The quantitative estimate of drug-likeness (QED) is 0.603. The molecule has 0 saturated carbocycles. The van der Waals surface area contributed by atoms with Crippen LogP contribution in [0.15, 0.2) is 5.51 Å². The van der Waals surface area contributed by atoms with Crippen LogP contribution >= 0.6 is 11.3 Å². The first-order valence-corrected chi connectivity index (χ1v) is 8.40. The van der Waals surface area contributed by atoms with Crippen LogP contribution in [0.4, 0.5) is 0 Å². The molecule has 21 heavy (non-hydrogen) atoms. The lowest BCUT2D eigenvalue weighted by Gasteiger charge is -2.19. The molecule has 0 aliphatic rings. The number of thiazole rings is 1. The fourth-order valence-electron chi connectivity index (χ4n) is 1.90. The largest absolute Gasteiger partial charge is 0.389 e. The minimum Gasteiger partial charge on any atom is -0.389 e. The van der Waals surface area contributed by atoms with E-state index in [0.717, 1.165) is 25.1 Å². The molecule has 2 atom stereocenters. The molecule has 122 valence electrons. The summed E-state index contributed by atoms with van der Waals surface area (Å²) < 4.78 is 5.53. The van der Waals surface area contributed by atoms with E-state index >= 15 is 0 Å². The molecule has 1 aromatic heterocycles. The molecular weight excluding hydrogens is 286 g/mol. The maximum absolute atomic E-state index is 9.88. The third kappa shape index (κ3) is 8.48. The number of nitrogens with one attached hydrogen (secondary N) is 1. The Labute approximate surface area is 132 Å². The van der Waals surface area contributed by atoms with Gasteiger partial charge in [-0.1, -0.05) is 0 Å².